The van der Waals surface area contributed by atoms with Gasteiger partial charge in [-0.05, 0) is 61.2 Å². The standard InChI is InChI=1S/C24H28N4O4/c1-14(2)21(25)28-24(31)16-7-9-19(10-8-16)32-20-13-18(22(26)29)6-4-15(20)3-5-17-11-12-27-23(17)30/h4,6-10,13-14,17H,3,5,11-12H2,1-2H3,(H2,26,29)(H,27,30)(H2,25,28,31). The molecule has 1 saturated heterocycles. The van der Waals surface area contributed by atoms with Crippen LogP contribution in [-0.4, -0.2) is 30.1 Å². The van der Waals surface area contributed by atoms with E-state index in [0.29, 0.717) is 42.0 Å². The average Bonchev–Trinajstić information content (AvgIpc) is 3.17. The maximum Gasteiger partial charge on any atom is 0.278 e. The van der Waals surface area contributed by atoms with Crippen LogP contribution >= 0.6 is 0 Å². The molecule has 0 saturated carbocycles. The van der Waals surface area contributed by atoms with Crippen molar-refractivity contribution in [2.45, 2.75) is 33.1 Å². The van der Waals surface area contributed by atoms with Gasteiger partial charge in [-0.25, -0.2) is 0 Å². The van der Waals surface area contributed by atoms with Crippen LogP contribution in [0.5, 0.6) is 11.5 Å². The van der Waals surface area contributed by atoms with Gasteiger partial charge in [0.15, 0.2) is 0 Å². The summed E-state index contributed by atoms with van der Waals surface area (Å²) in [6, 6.07) is 11.6. The van der Waals surface area contributed by atoms with E-state index in [2.05, 4.69) is 10.3 Å². The molecule has 0 radical (unpaired) electrons. The van der Waals surface area contributed by atoms with E-state index < -0.39 is 11.8 Å². The fourth-order valence-electron chi connectivity index (χ4n) is 3.36. The van der Waals surface area contributed by atoms with Crippen LogP contribution in [0.25, 0.3) is 0 Å². The summed E-state index contributed by atoms with van der Waals surface area (Å²) in [7, 11) is 0. The number of nitrogens with zero attached hydrogens (tertiary/aromatic N) is 1. The van der Waals surface area contributed by atoms with Gasteiger partial charge in [0.25, 0.3) is 5.91 Å². The summed E-state index contributed by atoms with van der Waals surface area (Å²) in [4.78, 5) is 39.6. The lowest BCUT2D eigenvalue weighted by Gasteiger charge is -2.14. The lowest BCUT2D eigenvalue weighted by atomic mass is 9.97. The zero-order valence-electron chi connectivity index (χ0n) is 18.3. The first-order valence-electron chi connectivity index (χ1n) is 10.6. The van der Waals surface area contributed by atoms with Crippen molar-refractivity contribution in [1.29, 1.82) is 0 Å². The topological polar surface area (TPSA) is 137 Å². The highest BCUT2D eigenvalue weighted by Gasteiger charge is 2.24. The van der Waals surface area contributed by atoms with Crippen molar-refractivity contribution >= 4 is 23.6 Å². The first-order valence-corrected chi connectivity index (χ1v) is 10.6. The van der Waals surface area contributed by atoms with Crippen LogP contribution in [0.3, 0.4) is 0 Å². The number of primary amides is 1. The van der Waals surface area contributed by atoms with Crippen LogP contribution in [0.1, 0.15) is 53.0 Å². The van der Waals surface area contributed by atoms with Gasteiger partial charge < -0.3 is 21.5 Å². The number of carbonyl (C=O) groups excluding carboxylic acids is 3. The van der Waals surface area contributed by atoms with E-state index in [0.717, 1.165) is 12.0 Å². The molecule has 32 heavy (non-hydrogen) atoms. The van der Waals surface area contributed by atoms with Crippen molar-refractivity contribution in [2.24, 2.45) is 28.3 Å². The minimum absolute atomic E-state index is 0.0205. The number of aryl methyl sites for hydroxylation is 1. The van der Waals surface area contributed by atoms with E-state index in [1.165, 1.54) is 0 Å². The van der Waals surface area contributed by atoms with E-state index in [1.807, 2.05) is 13.8 Å². The normalized spacial score (nSPS) is 16.2. The third kappa shape index (κ3) is 5.72. The molecule has 5 N–H and O–H groups in total. The third-order valence-electron chi connectivity index (χ3n) is 5.43. The van der Waals surface area contributed by atoms with Gasteiger partial charge in [0, 0.05) is 29.5 Å². The molecule has 1 aliphatic heterocycles. The van der Waals surface area contributed by atoms with E-state index in [4.69, 9.17) is 16.2 Å². The predicted molar refractivity (Wildman–Crippen MR) is 122 cm³/mol. The molecule has 1 fully saturated rings. The smallest absolute Gasteiger partial charge is 0.278 e. The fourth-order valence-corrected chi connectivity index (χ4v) is 3.36. The molecule has 0 bridgehead atoms. The summed E-state index contributed by atoms with van der Waals surface area (Å²) < 4.78 is 6.02. The summed E-state index contributed by atoms with van der Waals surface area (Å²) in [6.45, 7) is 4.42. The Morgan fingerprint density at radius 2 is 1.81 bits per heavy atom. The quantitative estimate of drug-likeness (QED) is 0.432. The molecule has 8 heteroatoms. The molecule has 0 spiro atoms. The van der Waals surface area contributed by atoms with Gasteiger partial charge >= 0.3 is 0 Å². The summed E-state index contributed by atoms with van der Waals surface area (Å²) >= 11 is 0. The van der Waals surface area contributed by atoms with Gasteiger partial charge in [0.05, 0.1) is 0 Å². The molecule has 1 heterocycles. The van der Waals surface area contributed by atoms with Crippen LogP contribution in [0.4, 0.5) is 0 Å². The van der Waals surface area contributed by atoms with E-state index in [1.54, 1.807) is 42.5 Å². The van der Waals surface area contributed by atoms with E-state index >= 15 is 0 Å². The number of amidine groups is 1. The maximum absolute atomic E-state index is 12.2. The maximum atomic E-state index is 12.2. The van der Waals surface area contributed by atoms with E-state index in [-0.39, 0.29) is 23.6 Å². The second-order valence-corrected chi connectivity index (χ2v) is 8.13. The van der Waals surface area contributed by atoms with Gasteiger partial charge in [-0.3, -0.25) is 14.4 Å². The lowest BCUT2D eigenvalue weighted by molar-refractivity contribution is -0.122. The Bertz CT molecular complexity index is 1040. The van der Waals surface area contributed by atoms with Crippen molar-refractivity contribution in [2.75, 3.05) is 6.54 Å². The Hall–Kier alpha value is -3.68. The zero-order valence-corrected chi connectivity index (χ0v) is 18.3. The fraction of sp³-hybridized carbons (Fsp3) is 0.333. The zero-order chi connectivity index (χ0) is 23.3. The van der Waals surface area contributed by atoms with Crippen molar-refractivity contribution in [3.8, 4) is 11.5 Å². The largest absolute Gasteiger partial charge is 0.457 e. The first kappa shape index (κ1) is 23.0. The third-order valence-corrected chi connectivity index (χ3v) is 5.43. The molecular formula is C24H28N4O4. The first-order chi connectivity index (χ1) is 15.2. The van der Waals surface area contributed by atoms with Gasteiger partial charge in [0.2, 0.25) is 11.8 Å². The SMILES string of the molecule is CC(C)C(N)=NC(=O)c1ccc(Oc2cc(C(N)=O)ccc2CCC2CCNC2=O)cc1. The summed E-state index contributed by atoms with van der Waals surface area (Å²) in [5, 5.41) is 2.84. The van der Waals surface area contributed by atoms with Gasteiger partial charge in [-0.15, -0.1) is 0 Å². The average molecular weight is 437 g/mol. The highest BCUT2D eigenvalue weighted by atomic mass is 16.5. The predicted octanol–water partition coefficient (Wildman–Crippen LogP) is 2.80. The lowest BCUT2D eigenvalue weighted by Crippen LogP contribution is -2.20. The van der Waals surface area contributed by atoms with Crippen LogP contribution < -0.4 is 21.5 Å². The van der Waals surface area contributed by atoms with Gasteiger partial charge in [-0.1, -0.05) is 19.9 Å². The molecule has 3 amide bonds. The Kier molecular flexibility index (Phi) is 7.25. The van der Waals surface area contributed by atoms with Crippen molar-refractivity contribution in [3.63, 3.8) is 0 Å². The number of nitrogens with one attached hydrogen (secondary N) is 1. The molecular weight excluding hydrogens is 408 g/mol. The molecule has 1 atom stereocenters. The summed E-state index contributed by atoms with van der Waals surface area (Å²) in [5.74, 6) is 0.300. The number of rotatable bonds is 8. The minimum atomic E-state index is -0.557. The second-order valence-electron chi connectivity index (χ2n) is 8.13. The van der Waals surface area contributed by atoms with Crippen molar-refractivity contribution < 1.29 is 19.1 Å². The molecule has 168 valence electrons. The van der Waals surface area contributed by atoms with Crippen LogP contribution in [0.2, 0.25) is 0 Å². The number of ether oxygens (including phenoxy) is 1. The van der Waals surface area contributed by atoms with Crippen LogP contribution in [-0.2, 0) is 11.2 Å². The molecule has 3 rings (SSSR count). The molecule has 2 aromatic rings. The Balaban J connectivity index is 1.78. The second kappa shape index (κ2) is 10.1. The Labute approximate surface area is 187 Å². The summed E-state index contributed by atoms with van der Waals surface area (Å²) in [6.07, 6.45) is 2.11. The van der Waals surface area contributed by atoms with E-state index in [9.17, 15) is 14.4 Å². The monoisotopic (exact) mass is 436 g/mol. The van der Waals surface area contributed by atoms with Crippen molar-refractivity contribution in [1.82, 2.24) is 5.32 Å². The molecule has 2 aromatic carbocycles. The number of benzene rings is 2. The van der Waals surface area contributed by atoms with Crippen LogP contribution in [0, 0.1) is 11.8 Å². The van der Waals surface area contributed by atoms with Gasteiger partial charge in [-0.2, -0.15) is 4.99 Å². The van der Waals surface area contributed by atoms with Crippen molar-refractivity contribution in [3.05, 3.63) is 59.2 Å². The molecule has 0 aromatic heterocycles. The number of carbonyl (C=O) groups is 3. The van der Waals surface area contributed by atoms with Crippen LogP contribution in [0.15, 0.2) is 47.5 Å². The minimum Gasteiger partial charge on any atom is -0.457 e. The Morgan fingerprint density at radius 1 is 1.12 bits per heavy atom. The van der Waals surface area contributed by atoms with Gasteiger partial charge in [0.1, 0.15) is 17.3 Å². The molecule has 0 aliphatic carbocycles. The number of amides is 3. The molecule has 1 aliphatic rings. The Morgan fingerprint density at radius 3 is 2.41 bits per heavy atom. The number of hydrogen-bond donors (Lipinski definition) is 3. The molecule has 1 unspecified atom stereocenters. The number of hydrogen-bond acceptors (Lipinski definition) is 4. The highest BCUT2D eigenvalue weighted by Crippen LogP contribution is 2.29. The highest BCUT2D eigenvalue weighted by molar-refractivity contribution is 6.03. The number of nitrogens with two attached hydrogens (primary N) is 2. The summed E-state index contributed by atoms with van der Waals surface area (Å²) in [5.41, 5.74) is 12.8. The number of aliphatic imine (C=N–C) groups is 1. The molecule has 8 nitrogen and oxygen atoms in total.